The standard InChI is InChI=1S/C19H29N3O4/c1-3-16-18(14(2)26-20-16)19(24)22-8-6-15(7-9-22)4-5-17(23)21-10-12-25-13-11-21/h15H,3-13H2,1-2H3. The fraction of sp³-hybridized carbons (Fsp3) is 0.737. The Morgan fingerprint density at radius 2 is 1.81 bits per heavy atom. The lowest BCUT2D eigenvalue weighted by atomic mass is 9.91. The number of nitrogens with zero attached hydrogens (tertiary/aromatic N) is 3. The van der Waals surface area contributed by atoms with Gasteiger partial charge in [0.25, 0.3) is 5.91 Å². The molecule has 0 atom stereocenters. The molecule has 0 aliphatic carbocycles. The van der Waals surface area contributed by atoms with Crippen LogP contribution in [0.3, 0.4) is 0 Å². The van der Waals surface area contributed by atoms with Gasteiger partial charge in [0.2, 0.25) is 5.91 Å². The van der Waals surface area contributed by atoms with Crippen molar-refractivity contribution in [2.24, 2.45) is 5.92 Å². The van der Waals surface area contributed by atoms with E-state index >= 15 is 0 Å². The van der Waals surface area contributed by atoms with Gasteiger partial charge in [-0.05, 0) is 38.5 Å². The first-order valence-electron chi connectivity index (χ1n) is 9.70. The van der Waals surface area contributed by atoms with E-state index in [1.807, 2.05) is 16.7 Å². The molecule has 2 aliphatic rings. The maximum absolute atomic E-state index is 12.8. The second-order valence-corrected chi connectivity index (χ2v) is 7.18. The minimum absolute atomic E-state index is 0.0310. The van der Waals surface area contributed by atoms with Gasteiger partial charge in [0.1, 0.15) is 11.3 Å². The average molecular weight is 363 g/mol. The van der Waals surface area contributed by atoms with Crippen molar-refractivity contribution in [2.45, 2.75) is 46.0 Å². The van der Waals surface area contributed by atoms with E-state index in [-0.39, 0.29) is 11.8 Å². The van der Waals surface area contributed by atoms with E-state index in [1.165, 1.54) is 0 Å². The summed E-state index contributed by atoms with van der Waals surface area (Å²) in [6.45, 7) is 7.97. The third-order valence-electron chi connectivity index (χ3n) is 5.51. The van der Waals surface area contributed by atoms with Crippen LogP contribution in [0.25, 0.3) is 0 Å². The first kappa shape index (κ1) is 18.9. The van der Waals surface area contributed by atoms with Gasteiger partial charge in [-0.2, -0.15) is 0 Å². The molecule has 1 aromatic rings. The smallest absolute Gasteiger partial charge is 0.259 e. The molecule has 144 valence electrons. The predicted molar refractivity (Wildman–Crippen MR) is 95.9 cm³/mol. The van der Waals surface area contributed by atoms with Gasteiger partial charge in [-0.25, -0.2) is 0 Å². The van der Waals surface area contributed by atoms with Crippen LogP contribution in [0.2, 0.25) is 0 Å². The highest BCUT2D eigenvalue weighted by Gasteiger charge is 2.28. The number of amides is 2. The Balaban J connectivity index is 1.46. The van der Waals surface area contributed by atoms with Crippen molar-refractivity contribution < 1.29 is 18.8 Å². The van der Waals surface area contributed by atoms with E-state index in [2.05, 4.69) is 5.16 Å². The van der Waals surface area contributed by atoms with Crippen LogP contribution in [0.4, 0.5) is 0 Å². The molecular weight excluding hydrogens is 334 g/mol. The van der Waals surface area contributed by atoms with Crippen LogP contribution < -0.4 is 0 Å². The highest BCUT2D eigenvalue weighted by Crippen LogP contribution is 2.25. The number of likely N-dealkylation sites (tertiary alicyclic amines) is 1. The minimum atomic E-state index is 0.0310. The third kappa shape index (κ3) is 4.26. The molecule has 0 bridgehead atoms. The van der Waals surface area contributed by atoms with Crippen LogP contribution in [0.5, 0.6) is 0 Å². The number of carbonyl (C=O) groups is 2. The minimum Gasteiger partial charge on any atom is -0.378 e. The molecule has 7 heteroatoms. The second-order valence-electron chi connectivity index (χ2n) is 7.18. The van der Waals surface area contributed by atoms with Crippen LogP contribution in [-0.4, -0.2) is 66.2 Å². The topological polar surface area (TPSA) is 75.9 Å². The van der Waals surface area contributed by atoms with Crippen LogP contribution in [0.15, 0.2) is 4.52 Å². The molecule has 3 heterocycles. The molecular formula is C19H29N3O4. The highest BCUT2D eigenvalue weighted by atomic mass is 16.5. The Morgan fingerprint density at radius 3 is 2.46 bits per heavy atom. The summed E-state index contributed by atoms with van der Waals surface area (Å²) in [6.07, 6.45) is 4.11. The molecule has 0 spiro atoms. The zero-order chi connectivity index (χ0) is 18.5. The molecule has 7 nitrogen and oxygen atoms in total. The summed E-state index contributed by atoms with van der Waals surface area (Å²) in [5.41, 5.74) is 1.37. The Bertz CT molecular complexity index is 629. The van der Waals surface area contributed by atoms with Crippen LogP contribution in [-0.2, 0) is 16.0 Å². The maximum atomic E-state index is 12.8. The zero-order valence-corrected chi connectivity index (χ0v) is 15.8. The Kier molecular flexibility index (Phi) is 6.29. The molecule has 1 aromatic heterocycles. The number of ether oxygens (including phenoxy) is 1. The van der Waals surface area contributed by atoms with Crippen molar-refractivity contribution in [2.75, 3.05) is 39.4 Å². The first-order valence-corrected chi connectivity index (χ1v) is 9.70. The predicted octanol–water partition coefficient (Wildman–Crippen LogP) is 2.04. The van der Waals surface area contributed by atoms with Crippen molar-refractivity contribution in [1.29, 1.82) is 0 Å². The number of hydrogen-bond donors (Lipinski definition) is 0. The van der Waals surface area contributed by atoms with Gasteiger partial charge in [0, 0.05) is 32.6 Å². The number of piperidine rings is 1. The lowest BCUT2D eigenvalue weighted by Crippen LogP contribution is -2.41. The number of morpholine rings is 1. The summed E-state index contributed by atoms with van der Waals surface area (Å²) in [7, 11) is 0. The molecule has 2 saturated heterocycles. The first-order chi connectivity index (χ1) is 12.6. The van der Waals surface area contributed by atoms with Gasteiger partial charge >= 0.3 is 0 Å². The van der Waals surface area contributed by atoms with Crippen molar-refractivity contribution in [3.05, 3.63) is 17.0 Å². The second kappa shape index (κ2) is 8.66. The molecule has 2 amide bonds. The van der Waals surface area contributed by atoms with Crippen molar-refractivity contribution in [3.63, 3.8) is 0 Å². The van der Waals surface area contributed by atoms with E-state index in [1.54, 1.807) is 6.92 Å². The Morgan fingerprint density at radius 1 is 1.12 bits per heavy atom. The summed E-state index contributed by atoms with van der Waals surface area (Å²) >= 11 is 0. The summed E-state index contributed by atoms with van der Waals surface area (Å²) in [4.78, 5) is 28.9. The van der Waals surface area contributed by atoms with E-state index in [0.717, 1.165) is 38.0 Å². The average Bonchev–Trinajstić information content (AvgIpc) is 3.07. The SMILES string of the molecule is CCc1noc(C)c1C(=O)N1CCC(CCC(=O)N2CCOCC2)CC1. The van der Waals surface area contributed by atoms with Crippen LogP contribution >= 0.6 is 0 Å². The quantitative estimate of drug-likeness (QED) is 0.800. The molecule has 2 fully saturated rings. The molecule has 0 unspecified atom stereocenters. The van der Waals surface area contributed by atoms with Crippen LogP contribution in [0.1, 0.15) is 54.4 Å². The Labute approximate surface area is 154 Å². The van der Waals surface area contributed by atoms with Crippen molar-refractivity contribution in [1.82, 2.24) is 15.0 Å². The van der Waals surface area contributed by atoms with Gasteiger partial charge in [0.05, 0.1) is 18.9 Å². The summed E-state index contributed by atoms with van der Waals surface area (Å²) in [5.74, 6) is 1.38. The fourth-order valence-corrected chi connectivity index (χ4v) is 3.81. The zero-order valence-electron chi connectivity index (χ0n) is 15.8. The summed E-state index contributed by atoms with van der Waals surface area (Å²) in [6, 6.07) is 0. The fourth-order valence-electron chi connectivity index (χ4n) is 3.81. The van der Waals surface area contributed by atoms with E-state index in [9.17, 15) is 9.59 Å². The summed E-state index contributed by atoms with van der Waals surface area (Å²) < 4.78 is 10.5. The van der Waals surface area contributed by atoms with E-state index in [0.29, 0.717) is 56.4 Å². The van der Waals surface area contributed by atoms with E-state index < -0.39 is 0 Å². The van der Waals surface area contributed by atoms with E-state index in [4.69, 9.17) is 9.26 Å². The molecule has 26 heavy (non-hydrogen) atoms. The molecule has 0 aromatic carbocycles. The van der Waals surface area contributed by atoms with Crippen molar-refractivity contribution in [3.8, 4) is 0 Å². The largest absolute Gasteiger partial charge is 0.378 e. The molecule has 2 aliphatic heterocycles. The number of carbonyl (C=O) groups excluding carboxylic acids is 2. The van der Waals surface area contributed by atoms with Crippen LogP contribution in [0, 0.1) is 12.8 Å². The highest BCUT2D eigenvalue weighted by molar-refractivity contribution is 5.96. The Hall–Kier alpha value is -1.89. The van der Waals surface area contributed by atoms with Crippen molar-refractivity contribution >= 4 is 11.8 Å². The molecule has 0 saturated carbocycles. The lowest BCUT2D eigenvalue weighted by Gasteiger charge is -2.32. The molecule has 0 N–H and O–H groups in total. The number of aryl methyl sites for hydroxylation is 2. The number of hydrogen-bond acceptors (Lipinski definition) is 5. The monoisotopic (exact) mass is 363 g/mol. The molecule has 3 rings (SSSR count). The number of rotatable bonds is 5. The summed E-state index contributed by atoms with van der Waals surface area (Å²) in [5, 5.41) is 3.98. The van der Waals surface area contributed by atoms with Gasteiger partial charge in [-0.1, -0.05) is 12.1 Å². The van der Waals surface area contributed by atoms with Gasteiger partial charge in [0.15, 0.2) is 0 Å². The normalized spacial score (nSPS) is 19.0. The third-order valence-corrected chi connectivity index (χ3v) is 5.51. The molecule has 0 radical (unpaired) electrons. The number of aromatic nitrogens is 1. The maximum Gasteiger partial charge on any atom is 0.259 e. The van der Waals surface area contributed by atoms with Gasteiger partial charge in [-0.15, -0.1) is 0 Å². The van der Waals surface area contributed by atoms with Gasteiger partial charge < -0.3 is 19.1 Å². The lowest BCUT2D eigenvalue weighted by molar-refractivity contribution is -0.135. The van der Waals surface area contributed by atoms with Gasteiger partial charge in [-0.3, -0.25) is 9.59 Å².